The maximum absolute atomic E-state index is 6.11. The zero-order chi connectivity index (χ0) is 14.4. The van der Waals surface area contributed by atoms with Gasteiger partial charge >= 0.3 is 0 Å². The van der Waals surface area contributed by atoms with Gasteiger partial charge in [-0.25, -0.2) is 0 Å². The molecule has 3 aliphatic carbocycles. The highest BCUT2D eigenvalue weighted by Crippen LogP contribution is 2.60. The molecule has 0 unspecified atom stereocenters. The minimum absolute atomic E-state index is 0.527. The molecule has 4 rings (SSSR count). The molecule has 1 saturated heterocycles. The fraction of sp³-hybridized carbons (Fsp3) is 1.00. The van der Waals surface area contributed by atoms with E-state index in [0.29, 0.717) is 11.5 Å². The molecule has 3 nitrogen and oxygen atoms in total. The van der Waals surface area contributed by atoms with Crippen LogP contribution in [0.2, 0.25) is 0 Å². The second kappa shape index (κ2) is 5.50. The van der Waals surface area contributed by atoms with Crippen LogP contribution in [0.4, 0.5) is 0 Å². The van der Waals surface area contributed by atoms with Crippen LogP contribution in [0.1, 0.15) is 57.8 Å². The highest BCUT2D eigenvalue weighted by Gasteiger charge is 2.64. The summed E-state index contributed by atoms with van der Waals surface area (Å²) in [6, 6.07) is 2.35. The largest absolute Gasteiger partial charge is 0.377 e. The zero-order valence-corrected chi connectivity index (χ0v) is 13.8. The highest BCUT2D eigenvalue weighted by molar-refractivity contribution is 5.17. The van der Waals surface area contributed by atoms with Gasteiger partial charge in [-0.3, -0.25) is 0 Å². The lowest BCUT2D eigenvalue weighted by atomic mass is 9.54. The van der Waals surface area contributed by atoms with Crippen molar-refractivity contribution >= 4 is 0 Å². The molecule has 1 heterocycles. The van der Waals surface area contributed by atoms with E-state index in [1.165, 1.54) is 57.8 Å². The topological polar surface area (TPSA) is 24.5 Å². The fourth-order valence-corrected chi connectivity index (χ4v) is 5.96. The second-order valence-electron chi connectivity index (χ2n) is 8.30. The third-order valence-corrected chi connectivity index (χ3v) is 7.13. The van der Waals surface area contributed by atoms with Gasteiger partial charge < -0.3 is 15.0 Å². The van der Waals surface area contributed by atoms with E-state index in [2.05, 4.69) is 24.3 Å². The molecular weight excluding hydrogens is 260 g/mol. The van der Waals surface area contributed by atoms with E-state index in [-0.39, 0.29) is 0 Å². The summed E-state index contributed by atoms with van der Waals surface area (Å²) in [5.74, 6) is 0.828. The summed E-state index contributed by atoms with van der Waals surface area (Å²) in [5, 5.41) is 4.12. The van der Waals surface area contributed by atoms with Crippen LogP contribution in [0.15, 0.2) is 0 Å². The molecule has 1 aliphatic heterocycles. The number of fused-ring (bicyclic) bond motifs is 2. The van der Waals surface area contributed by atoms with Crippen LogP contribution in [-0.4, -0.2) is 49.8 Å². The summed E-state index contributed by atoms with van der Waals surface area (Å²) in [5.41, 5.74) is 0.527. The smallest absolute Gasteiger partial charge is 0.0690 e. The Bertz CT molecular complexity index is 369. The monoisotopic (exact) mass is 292 g/mol. The van der Waals surface area contributed by atoms with Crippen molar-refractivity contribution in [3.05, 3.63) is 0 Å². The maximum Gasteiger partial charge on any atom is 0.0690 e. The van der Waals surface area contributed by atoms with Crippen molar-refractivity contribution in [2.75, 3.05) is 20.7 Å². The summed E-state index contributed by atoms with van der Waals surface area (Å²) in [6.07, 6.45) is 13.1. The number of rotatable bonds is 3. The van der Waals surface area contributed by atoms with E-state index in [4.69, 9.17) is 4.74 Å². The van der Waals surface area contributed by atoms with E-state index in [0.717, 1.165) is 30.7 Å². The number of nitrogens with zero attached hydrogens (tertiary/aromatic N) is 1. The Labute approximate surface area is 129 Å². The molecule has 0 aromatic carbocycles. The first-order valence-corrected chi connectivity index (χ1v) is 9.25. The van der Waals surface area contributed by atoms with Crippen molar-refractivity contribution in [2.45, 2.75) is 82.0 Å². The van der Waals surface area contributed by atoms with Crippen molar-refractivity contribution in [2.24, 2.45) is 11.3 Å². The molecule has 120 valence electrons. The van der Waals surface area contributed by atoms with E-state index < -0.39 is 0 Å². The Balaban J connectivity index is 1.38. The van der Waals surface area contributed by atoms with Crippen molar-refractivity contribution in [3.63, 3.8) is 0 Å². The van der Waals surface area contributed by atoms with Gasteiger partial charge in [-0.05, 0) is 59.0 Å². The Morgan fingerprint density at radius 2 is 1.71 bits per heavy atom. The highest BCUT2D eigenvalue weighted by atomic mass is 16.5. The maximum atomic E-state index is 6.11. The van der Waals surface area contributed by atoms with Gasteiger partial charge in [0.05, 0.1) is 6.10 Å². The van der Waals surface area contributed by atoms with Crippen LogP contribution in [0.25, 0.3) is 0 Å². The molecule has 1 spiro atoms. The van der Waals surface area contributed by atoms with Crippen LogP contribution in [0.5, 0.6) is 0 Å². The van der Waals surface area contributed by atoms with Gasteiger partial charge in [0.15, 0.2) is 0 Å². The third kappa shape index (κ3) is 2.27. The molecule has 3 saturated carbocycles. The molecule has 21 heavy (non-hydrogen) atoms. The van der Waals surface area contributed by atoms with Gasteiger partial charge in [-0.1, -0.05) is 12.8 Å². The molecular formula is C18H32N2O. The average Bonchev–Trinajstić information content (AvgIpc) is 3.13. The van der Waals surface area contributed by atoms with Gasteiger partial charge in [0.1, 0.15) is 0 Å². The molecule has 0 amide bonds. The zero-order valence-electron chi connectivity index (χ0n) is 13.8. The van der Waals surface area contributed by atoms with E-state index in [1.54, 1.807) is 0 Å². The molecule has 4 fully saturated rings. The van der Waals surface area contributed by atoms with Gasteiger partial charge in [0.2, 0.25) is 0 Å². The second-order valence-corrected chi connectivity index (χ2v) is 8.30. The van der Waals surface area contributed by atoms with Gasteiger partial charge in [-0.2, -0.15) is 0 Å². The summed E-state index contributed by atoms with van der Waals surface area (Å²) in [6.45, 7) is 1.02. The number of nitrogens with one attached hydrogen (secondary N) is 1. The van der Waals surface area contributed by atoms with E-state index in [1.807, 2.05) is 0 Å². The summed E-state index contributed by atoms with van der Waals surface area (Å²) in [4.78, 5) is 2.42. The summed E-state index contributed by atoms with van der Waals surface area (Å²) < 4.78 is 6.11. The van der Waals surface area contributed by atoms with Gasteiger partial charge in [0, 0.05) is 36.1 Å². The Morgan fingerprint density at radius 1 is 1.00 bits per heavy atom. The third-order valence-electron chi connectivity index (χ3n) is 7.13. The lowest BCUT2D eigenvalue weighted by Gasteiger charge is -2.58. The summed E-state index contributed by atoms with van der Waals surface area (Å²) >= 11 is 0. The number of hydrogen-bond donors (Lipinski definition) is 1. The normalized spacial score (nSPS) is 45.0. The van der Waals surface area contributed by atoms with Crippen LogP contribution in [-0.2, 0) is 4.74 Å². The van der Waals surface area contributed by atoms with E-state index in [9.17, 15) is 0 Å². The van der Waals surface area contributed by atoms with Crippen molar-refractivity contribution < 1.29 is 4.74 Å². The first-order chi connectivity index (χ1) is 10.2. The minimum Gasteiger partial charge on any atom is -0.377 e. The van der Waals surface area contributed by atoms with Crippen molar-refractivity contribution in [1.82, 2.24) is 10.2 Å². The van der Waals surface area contributed by atoms with Crippen LogP contribution < -0.4 is 5.32 Å². The van der Waals surface area contributed by atoms with Gasteiger partial charge in [-0.15, -0.1) is 0 Å². The van der Waals surface area contributed by atoms with E-state index >= 15 is 0 Å². The molecule has 3 atom stereocenters. The lowest BCUT2D eigenvalue weighted by molar-refractivity contribution is -0.134. The molecule has 0 aromatic rings. The number of hydrogen-bond acceptors (Lipinski definition) is 3. The predicted octanol–water partition coefficient (Wildman–Crippen LogP) is 2.80. The molecule has 0 bridgehead atoms. The lowest BCUT2D eigenvalue weighted by Crippen LogP contribution is -2.69. The van der Waals surface area contributed by atoms with Crippen LogP contribution in [0, 0.1) is 11.3 Å². The predicted molar refractivity (Wildman–Crippen MR) is 85.4 cm³/mol. The van der Waals surface area contributed by atoms with Crippen molar-refractivity contribution in [3.8, 4) is 0 Å². The van der Waals surface area contributed by atoms with Gasteiger partial charge in [0.25, 0.3) is 0 Å². The fourth-order valence-electron chi connectivity index (χ4n) is 5.96. The molecule has 0 aromatic heterocycles. The van der Waals surface area contributed by atoms with Crippen LogP contribution in [0.3, 0.4) is 0 Å². The molecule has 0 radical (unpaired) electrons. The first-order valence-electron chi connectivity index (χ1n) is 9.25. The minimum atomic E-state index is 0.527. The summed E-state index contributed by atoms with van der Waals surface area (Å²) in [7, 11) is 4.47. The van der Waals surface area contributed by atoms with Crippen LogP contribution >= 0.6 is 0 Å². The van der Waals surface area contributed by atoms with Crippen molar-refractivity contribution in [1.29, 1.82) is 0 Å². The standard InChI is InChI=1S/C18H32N2O/c1-20(2)14-7-5-13(6-8-14)19-16-15-9-12-21-17(15)18(16)10-3-4-11-18/h13-17,19H,3-12H2,1-2H3/t13?,14?,15-,16-,17-/m1/s1. The average molecular weight is 292 g/mol. The SMILES string of the molecule is CN(C)C1CCC(N[C@@H]2[C@H]3CCO[C@H]3C23CCCC3)CC1. The molecule has 3 heteroatoms. The Hall–Kier alpha value is -0.120. The molecule has 4 aliphatic rings. The Morgan fingerprint density at radius 3 is 2.38 bits per heavy atom. The Kier molecular flexibility index (Phi) is 3.79. The number of ether oxygens (including phenoxy) is 1. The first kappa shape index (κ1) is 14.5. The quantitative estimate of drug-likeness (QED) is 0.865. The molecule has 1 N–H and O–H groups in total.